The van der Waals surface area contributed by atoms with Crippen LogP contribution in [0.3, 0.4) is 0 Å². The van der Waals surface area contributed by atoms with Crippen molar-refractivity contribution in [2.45, 2.75) is 64.8 Å². The minimum atomic E-state index is -0.631. The van der Waals surface area contributed by atoms with E-state index in [-0.39, 0.29) is 5.54 Å². The van der Waals surface area contributed by atoms with Crippen molar-refractivity contribution in [3.05, 3.63) is 0 Å². The molecule has 2 atom stereocenters. The third kappa shape index (κ3) is 2.56. The van der Waals surface area contributed by atoms with Gasteiger partial charge < -0.3 is 5.11 Å². The van der Waals surface area contributed by atoms with Crippen LogP contribution in [0.25, 0.3) is 0 Å². The Kier molecular flexibility index (Phi) is 3.72. The van der Waals surface area contributed by atoms with Crippen molar-refractivity contribution in [1.29, 1.82) is 0 Å². The Morgan fingerprint density at radius 1 is 1.28 bits per heavy atom. The molecule has 0 aromatic heterocycles. The van der Waals surface area contributed by atoms with Crippen LogP contribution < -0.4 is 0 Å². The Hall–Kier alpha value is -0.570. The molecule has 2 aliphatic rings. The minimum Gasteiger partial charge on any atom is -0.481 e. The number of aliphatic carboxylic acids is 1. The van der Waals surface area contributed by atoms with E-state index in [2.05, 4.69) is 25.7 Å². The first-order valence-corrected chi connectivity index (χ1v) is 7.33. The van der Waals surface area contributed by atoms with Crippen LogP contribution in [-0.4, -0.2) is 34.6 Å². The molecule has 0 aromatic rings. The Morgan fingerprint density at radius 3 is 2.39 bits per heavy atom. The lowest BCUT2D eigenvalue weighted by Gasteiger charge is -2.52. The molecule has 1 aliphatic carbocycles. The molecule has 2 rings (SSSR count). The molecule has 1 saturated heterocycles. The Labute approximate surface area is 111 Å². The van der Waals surface area contributed by atoms with Crippen LogP contribution in [0.5, 0.6) is 0 Å². The average Bonchev–Trinajstić information content (AvgIpc) is 2.75. The van der Waals surface area contributed by atoms with Crippen LogP contribution in [0.2, 0.25) is 0 Å². The maximum Gasteiger partial charge on any atom is 0.305 e. The predicted octanol–water partition coefficient (Wildman–Crippen LogP) is 3.14. The molecule has 3 heteroatoms. The topological polar surface area (TPSA) is 40.5 Å². The van der Waals surface area contributed by atoms with E-state index in [4.69, 9.17) is 0 Å². The summed E-state index contributed by atoms with van der Waals surface area (Å²) in [5.74, 6) is -0.149. The largest absolute Gasteiger partial charge is 0.481 e. The molecule has 0 amide bonds. The summed E-state index contributed by atoms with van der Waals surface area (Å²) in [5, 5.41) is 9.31. The summed E-state index contributed by atoms with van der Waals surface area (Å²) < 4.78 is 0. The van der Waals surface area contributed by atoms with Gasteiger partial charge in [0, 0.05) is 5.54 Å². The van der Waals surface area contributed by atoms with E-state index in [1.165, 1.54) is 12.8 Å². The summed E-state index contributed by atoms with van der Waals surface area (Å²) in [5.41, 5.74) is 0.305. The van der Waals surface area contributed by atoms with Gasteiger partial charge in [0.1, 0.15) is 0 Å². The highest BCUT2D eigenvalue weighted by molar-refractivity contribution is 5.68. The van der Waals surface area contributed by atoms with Gasteiger partial charge in [-0.15, -0.1) is 0 Å². The summed E-state index contributed by atoms with van der Waals surface area (Å²) in [6.45, 7) is 9.09. The minimum absolute atomic E-state index is 0.0716. The fraction of sp³-hybridized carbons (Fsp3) is 0.933. The zero-order chi connectivity index (χ0) is 13.4. The quantitative estimate of drug-likeness (QED) is 0.840. The number of nitrogens with zero attached hydrogens (tertiary/aromatic N) is 1. The third-order valence-electron chi connectivity index (χ3n) is 5.20. The van der Waals surface area contributed by atoms with E-state index in [1.807, 2.05) is 0 Å². The molecule has 3 nitrogen and oxygen atoms in total. The maximum atomic E-state index is 11.3. The van der Waals surface area contributed by atoms with Gasteiger partial charge >= 0.3 is 5.97 Å². The van der Waals surface area contributed by atoms with Crippen LogP contribution in [0.15, 0.2) is 0 Å². The third-order valence-corrected chi connectivity index (χ3v) is 5.20. The number of carboxylic acids is 1. The summed E-state index contributed by atoms with van der Waals surface area (Å²) in [6.07, 6.45) is 6.14. The molecule has 1 aliphatic heterocycles. The fourth-order valence-corrected chi connectivity index (χ4v) is 4.19. The van der Waals surface area contributed by atoms with Crippen LogP contribution in [0, 0.1) is 11.3 Å². The van der Waals surface area contributed by atoms with Gasteiger partial charge in [0.05, 0.1) is 6.42 Å². The maximum absolute atomic E-state index is 11.3. The van der Waals surface area contributed by atoms with Crippen molar-refractivity contribution in [3.63, 3.8) is 0 Å². The van der Waals surface area contributed by atoms with Crippen molar-refractivity contribution in [2.24, 2.45) is 11.3 Å². The molecule has 0 spiro atoms. The highest BCUT2D eigenvalue weighted by atomic mass is 16.4. The summed E-state index contributed by atoms with van der Waals surface area (Å²) in [4.78, 5) is 13.8. The van der Waals surface area contributed by atoms with Gasteiger partial charge in [0.25, 0.3) is 0 Å². The predicted molar refractivity (Wildman–Crippen MR) is 72.6 cm³/mol. The first-order chi connectivity index (χ1) is 8.36. The standard InChI is InChI=1S/C15H27NO2/c1-12-10-14(2,3)6-7-15(12,11-13(17)18)16-8-4-5-9-16/h12H,4-11H2,1-3H3,(H,17,18). The van der Waals surface area contributed by atoms with Crippen LogP contribution in [0.1, 0.15) is 59.3 Å². The van der Waals surface area contributed by atoms with E-state index in [9.17, 15) is 9.90 Å². The zero-order valence-corrected chi connectivity index (χ0v) is 12.0. The average molecular weight is 253 g/mol. The molecule has 0 radical (unpaired) electrons. The zero-order valence-electron chi connectivity index (χ0n) is 12.0. The molecule has 104 valence electrons. The highest BCUT2D eigenvalue weighted by Crippen LogP contribution is 2.49. The van der Waals surface area contributed by atoms with Gasteiger partial charge in [0.15, 0.2) is 0 Å². The smallest absolute Gasteiger partial charge is 0.305 e. The van der Waals surface area contributed by atoms with Crippen LogP contribution in [-0.2, 0) is 4.79 Å². The van der Waals surface area contributed by atoms with Crippen molar-refractivity contribution < 1.29 is 9.90 Å². The molecule has 0 bridgehead atoms. The molecule has 1 heterocycles. The normalized spacial score (nSPS) is 36.7. The molecule has 2 unspecified atom stereocenters. The number of rotatable bonds is 3. The van der Waals surface area contributed by atoms with Crippen LogP contribution >= 0.6 is 0 Å². The second-order valence-electron chi connectivity index (χ2n) is 7.14. The molecular formula is C15H27NO2. The Balaban J connectivity index is 2.22. The van der Waals surface area contributed by atoms with Gasteiger partial charge in [-0.3, -0.25) is 9.69 Å². The van der Waals surface area contributed by atoms with Crippen molar-refractivity contribution in [2.75, 3.05) is 13.1 Å². The Morgan fingerprint density at radius 2 is 1.89 bits per heavy atom. The number of hydrogen-bond donors (Lipinski definition) is 1. The first-order valence-electron chi connectivity index (χ1n) is 7.33. The lowest BCUT2D eigenvalue weighted by Crippen LogP contribution is -2.56. The second-order valence-corrected chi connectivity index (χ2v) is 7.14. The van der Waals surface area contributed by atoms with Gasteiger partial charge in [-0.1, -0.05) is 20.8 Å². The lowest BCUT2D eigenvalue weighted by atomic mass is 9.62. The van der Waals surface area contributed by atoms with Crippen molar-refractivity contribution >= 4 is 5.97 Å². The number of likely N-dealkylation sites (tertiary alicyclic amines) is 1. The monoisotopic (exact) mass is 253 g/mol. The summed E-state index contributed by atoms with van der Waals surface area (Å²) in [6, 6.07) is 0. The second kappa shape index (κ2) is 4.84. The molecule has 0 aromatic carbocycles. The first kappa shape index (κ1) is 13.9. The SMILES string of the molecule is CC1CC(C)(C)CCC1(CC(=O)O)N1CCCC1. The van der Waals surface area contributed by atoms with E-state index in [0.717, 1.165) is 32.4 Å². The summed E-state index contributed by atoms with van der Waals surface area (Å²) >= 11 is 0. The van der Waals surface area contributed by atoms with Gasteiger partial charge in [0.2, 0.25) is 0 Å². The number of hydrogen-bond acceptors (Lipinski definition) is 2. The lowest BCUT2D eigenvalue weighted by molar-refractivity contribution is -0.143. The van der Waals surface area contributed by atoms with E-state index < -0.39 is 5.97 Å². The van der Waals surface area contributed by atoms with Gasteiger partial charge in [-0.25, -0.2) is 0 Å². The number of carbonyl (C=O) groups is 1. The molecule has 2 fully saturated rings. The fourth-order valence-electron chi connectivity index (χ4n) is 4.19. The van der Waals surface area contributed by atoms with Crippen LogP contribution in [0.4, 0.5) is 0 Å². The van der Waals surface area contributed by atoms with Gasteiger partial charge in [-0.2, -0.15) is 0 Å². The molecule has 18 heavy (non-hydrogen) atoms. The molecule has 1 N–H and O–H groups in total. The highest BCUT2D eigenvalue weighted by Gasteiger charge is 2.49. The van der Waals surface area contributed by atoms with Crippen molar-refractivity contribution in [3.8, 4) is 0 Å². The number of carboxylic acid groups (broad SMARTS) is 1. The van der Waals surface area contributed by atoms with E-state index in [1.54, 1.807) is 0 Å². The van der Waals surface area contributed by atoms with Crippen molar-refractivity contribution in [1.82, 2.24) is 4.90 Å². The summed E-state index contributed by atoms with van der Waals surface area (Å²) in [7, 11) is 0. The molecule has 1 saturated carbocycles. The van der Waals surface area contributed by atoms with Gasteiger partial charge in [-0.05, 0) is 56.5 Å². The molecular weight excluding hydrogens is 226 g/mol. The Bertz CT molecular complexity index is 320. The van der Waals surface area contributed by atoms with E-state index in [0.29, 0.717) is 17.8 Å². The van der Waals surface area contributed by atoms with E-state index >= 15 is 0 Å².